The van der Waals surface area contributed by atoms with Crippen LogP contribution in [0, 0.1) is 6.92 Å². The average Bonchev–Trinajstić information content (AvgIpc) is 3.11. The molecule has 1 aliphatic heterocycles. The summed E-state index contributed by atoms with van der Waals surface area (Å²) in [7, 11) is 4.67. The van der Waals surface area contributed by atoms with Crippen LogP contribution < -0.4 is 14.8 Å². The molecule has 0 saturated heterocycles. The molecule has 1 aliphatic rings. The van der Waals surface area contributed by atoms with Crippen molar-refractivity contribution in [2.75, 3.05) is 21.3 Å². The zero-order valence-corrected chi connectivity index (χ0v) is 16.5. The molecule has 3 aromatic rings. The molecule has 0 bridgehead atoms. The molecule has 28 heavy (non-hydrogen) atoms. The van der Waals surface area contributed by atoms with Crippen LogP contribution in [-0.4, -0.2) is 38.3 Å². The fourth-order valence-electron chi connectivity index (χ4n) is 4.08. The third-order valence-corrected chi connectivity index (χ3v) is 5.48. The second-order valence-electron chi connectivity index (χ2n) is 7.01. The number of carbonyl (C=O) groups excluding carboxylic acids is 1. The van der Waals surface area contributed by atoms with Crippen molar-refractivity contribution in [1.29, 1.82) is 0 Å². The van der Waals surface area contributed by atoms with Gasteiger partial charge in [0.05, 0.1) is 27.4 Å². The summed E-state index contributed by atoms with van der Waals surface area (Å²) in [6.07, 6.45) is 0.578. The van der Waals surface area contributed by atoms with Gasteiger partial charge in [-0.25, -0.2) is 0 Å². The van der Waals surface area contributed by atoms with E-state index in [1.54, 1.807) is 14.2 Å². The van der Waals surface area contributed by atoms with Gasteiger partial charge in [-0.1, -0.05) is 18.2 Å². The van der Waals surface area contributed by atoms with Crippen molar-refractivity contribution in [2.24, 2.45) is 0 Å². The number of ether oxygens (including phenoxy) is 3. The van der Waals surface area contributed by atoms with Gasteiger partial charge in [0.25, 0.3) is 0 Å². The van der Waals surface area contributed by atoms with Crippen molar-refractivity contribution in [2.45, 2.75) is 25.4 Å². The lowest BCUT2D eigenvalue weighted by atomic mass is 9.88. The maximum absolute atomic E-state index is 12.4. The number of para-hydroxylation sites is 1. The molecule has 0 aliphatic carbocycles. The molecule has 4 rings (SSSR count). The van der Waals surface area contributed by atoms with Crippen LogP contribution in [0.5, 0.6) is 11.5 Å². The maximum Gasteiger partial charge on any atom is 0.323 e. The summed E-state index contributed by atoms with van der Waals surface area (Å²) < 4.78 is 16.0. The second-order valence-corrected chi connectivity index (χ2v) is 7.01. The lowest BCUT2D eigenvalue weighted by molar-refractivity contribution is -0.143. The van der Waals surface area contributed by atoms with Crippen LogP contribution in [0.3, 0.4) is 0 Å². The first-order valence-corrected chi connectivity index (χ1v) is 9.23. The highest BCUT2D eigenvalue weighted by atomic mass is 16.5. The van der Waals surface area contributed by atoms with Gasteiger partial charge in [-0.05, 0) is 41.8 Å². The first-order valence-electron chi connectivity index (χ1n) is 9.23. The molecule has 0 spiro atoms. The predicted molar refractivity (Wildman–Crippen MR) is 107 cm³/mol. The topological polar surface area (TPSA) is 72.6 Å². The largest absolute Gasteiger partial charge is 0.493 e. The molecule has 2 atom stereocenters. The number of aromatic amines is 1. The van der Waals surface area contributed by atoms with Gasteiger partial charge in [0.15, 0.2) is 11.5 Å². The number of aromatic nitrogens is 1. The first kappa shape index (κ1) is 18.4. The van der Waals surface area contributed by atoms with Crippen molar-refractivity contribution in [1.82, 2.24) is 10.3 Å². The summed E-state index contributed by atoms with van der Waals surface area (Å²) in [6, 6.07) is 11.5. The molecule has 6 heteroatoms. The zero-order chi connectivity index (χ0) is 19.8. The lowest BCUT2D eigenvalue weighted by Crippen LogP contribution is -2.45. The van der Waals surface area contributed by atoms with E-state index in [1.165, 1.54) is 7.11 Å². The summed E-state index contributed by atoms with van der Waals surface area (Å²) in [4.78, 5) is 15.9. The van der Waals surface area contributed by atoms with E-state index >= 15 is 0 Å². The molecule has 6 nitrogen and oxygen atoms in total. The smallest absolute Gasteiger partial charge is 0.323 e. The van der Waals surface area contributed by atoms with Gasteiger partial charge in [0, 0.05) is 23.0 Å². The molecule has 0 radical (unpaired) electrons. The van der Waals surface area contributed by atoms with Crippen molar-refractivity contribution in [3.05, 3.63) is 58.8 Å². The molecule has 0 fully saturated rings. The Kier molecular flexibility index (Phi) is 4.73. The van der Waals surface area contributed by atoms with E-state index in [0.717, 1.165) is 33.3 Å². The highest BCUT2D eigenvalue weighted by molar-refractivity contribution is 5.87. The monoisotopic (exact) mass is 380 g/mol. The Labute approximate surface area is 163 Å². The standard InChI is InChI=1S/C22H24N2O4/c1-12-9-18(26-2)19(27-3)11-14(12)20-21-15(10-17(24-20)22(25)28-4)13-7-5-6-8-16(13)23-21/h5-9,11,17,20,23-24H,10H2,1-4H3. The van der Waals surface area contributed by atoms with Gasteiger partial charge in [-0.3, -0.25) is 10.1 Å². The number of fused-ring (bicyclic) bond motifs is 3. The van der Waals surface area contributed by atoms with Crippen molar-refractivity contribution >= 4 is 16.9 Å². The SMILES string of the molecule is COC(=O)C1Cc2c([nH]c3ccccc23)C(c2cc(OC)c(OC)cc2C)N1. The van der Waals surface area contributed by atoms with Crippen LogP contribution in [-0.2, 0) is 16.0 Å². The Morgan fingerprint density at radius 1 is 1.07 bits per heavy atom. The fraction of sp³-hybridized carbons (Fsp3) is 0.318. The number of nitrogens with one attached hydrogen (secondary N) is 2. The number of hydrogen-bond donors (Lipinski definition) is 2. The Balaban J connectivity index is 1.90. The van der Waals surface area contributed by atoms with Gasteiger partial charge in [0.1, 0.15) is 6.04 Å². The first-order chi connectivity index (χ1) is 13.6. The lowest BCUT2D eigenvalue weighted by Gasteiger charge is -2.31. The Hall–Kier alpha value is -2.99. The summed E-state index contributed by atoms with van der Waals surface area (Å²) in [5.74, 6) is 1.07. The van der Waals surface area contributed by atoms with Crippen LogP contribution in [0.1, 0.15) is 28.4 Å². The zero-order valence-electron chi connectivity index (χ0n) is 16.5. The molecule has 2 heterocycles. The Morgan fingerprint density at radius 3 is 2.50 bits per heavy atom. The summed E-state index contributed by atoms with van der Waals surface area (Å²) in [5, 5.41) is 4.60. The van der Waals surface area contributed by atoms with E-state index in [4.69, 9.17) is 14.2 Å². The van der Waals surface area contributed by atoms with Crippen LogP contribution in [0.2, 0.25) is 0 Å². The van der Waals surface area contributed by atoms with E-state index in [0.29, 0.717) is 17.9 Å². The minimum atomic E-state index is -0.422. The number of benzene rings is 2. The van der Waals surface area contributed by atoms with Crippen molar-refractivity contribution in [3.63, 3.8) is 0 Å². The number of hydrogen-bond acceptors (Lipinski definition) is 5. The van der Waals surface area contributed by atoms with Crippen LogP contribution in [0.4, 0.5) is 0 Å². The number of rotatable bonds is 4. The van der Waals surface area contributed by atoms with Crippen LogP contribution in [0.15, 0.2) is 36.4 Å². The van der Waals surface area contributed by atoms with Crippen molar-refractivity contribution in [3.8, 4) is 11.5 Å². The molecule has 2 N–H and O–H groups in total. The minimum absolute atomic E-state index is 0.194. The third-order valence-electron chi connectivity index (χ3n) is 5.48. The van der Waals surface area contributed by atoms with E-state index < -0.39 is 6.04 Å². The van der Waals surface area contributed by atoms with Gasteiger partial charge in [0.2, 0.25) is 0 Å². The number of methoxy groups -OCH3 is 3. The van der Waals surface area contributed by atoms with Crippen LogP contribution in [0.25, 0.3) is 10.9 Å². The van der Waals surface area contributed by atoms with Gasteiger partial charge in [-0.15, -0.1) is 0 Å². The Bertz CT molecular complexity index is 1040. The maximum atomic E-state index is 12.4. The van der Waals surface area contributed by atoms with Crippen molar-refractivity contribution < 1.29 is 19.0 Å². The molecule has 2 aromatic carbocycles. The molecule has 146 valence electrons. The number of esters is 1. The summed E-state index contributed by atoms with van der Waals surface area (Å²) in [5.41, 5.74) is 5.34. The van der Waals surface area contributed by atoms with Crippen LogP contribution >= 0.6 is 0 Å². The minimum Gasteiger partial charge on any atom is -0.493 e. The Morgan fingerprint density at radius 2 is 1.79 bits per heavy atom. The molecule has 0 saturated carbocycles. The van der Waals surface area contributed by atoms with Gasteiger partial charge >= 0.3 is 5.97 Å². The molecule has 1 aromatic heterocycles. The van der Waals surface area contributed by atoms with E-state index in [9.17, 15) is 4.79 Å². The molecular formula is C22H24N2O4. The normalized spacial score (nSPS) is 18.6. The number of H-pyrrole nitrogens is 1. The number of aryl methyl sites for hydroxylation is 1. The highest BCUT2D eigenvalue weighted by Gasteiger charge is 2.35. The summed E-state index contributed by atoms with van der Waals surface area (Å²) >= 11 is 0. The quantitative estimate of drug-likeness (QED) is 0.680. The summed E-state index contributed by atoms with van der Waals surface area (Å²) in [6.45, 7) is 2.03. The number of carbonyl (C=O) groups is 1. The van der Waals surface area contributed by atoms with Gasteiger partial charge < -0.3 is 19.2 Å². The third kappa shape index (κ3) is 2.90. The van der Waals surface area contributed by atoms with E-state index in [2.05, 4.69) is 22.4 Å². The van der Waals surface area contributed by atoms with Gasteiger partial charge in [-0.2, -0.15) is 0 Å². The predicted octanol–water partition coefficient (Wildman–Crippen LogP) is 3.27. The fourth-order valence-corrected chi connectivity index (χ4v) is 4.08. The molecule has 2 unspecified atom stereocenters. The van der Waals surface area contributed by atoms with E-state index in [1.807, 2.05) is 31.2 Å². The molecule has 0 amide bonds. The highest BCUT2D eigenvalue weighted by Crippen LogP contribution is 2.39. The average molecular weight is 380 g/mol. The molecular weight excluding hydrogens is 356 g/mol. The van der Waals surface area contributed by atoms with E-state index in [-0.39, 0.29) is 12.0 Å². The second kappa shape index (κ2) is 7.20.